The van der Waals surface area contributed by atoms with Crippen LogP contribution in [0.1, 0.15) is 25.3 Å². The van der Waals surface area contributed by atoms with E-state index in [1.165, 1.54) is 0 Å². The van der Waals surface area contributed by atoms with E-state index in [1.54, 1.807) is 19.1 Å². The van der Waals surface area contributed by atoms with Crippen molar-refractivity contribution in [2.75, 3.05) is 6.61 Å². The van der Waals surface area contributed by atoms with Crippen LogP contribution in [0.2, 0.25) is 0 Å². The summed E-state index contributed by atoms with van der Waals surface area (Å²) in [6.07, 6.45) is 1.05. The molecule has 2 aliphatic carbocycles. The number of hydrogen-bond acceptors (Lipinski definition) is 4. The molecule has 21 heavy (non-hydrogen) atoms. The van der Waals surface area contributed by atoms with Gasteiger partial charge in [-0.15, -0.1) is 0 Å². The number of hydrogen-bond donors (Lipinski definition) is 0. The summed E-state index contributed by atoms with van der Waals surface area (Å²) in [6, 6.07) is 7.31. The molecule has 2 saturated carbocycles. The summed E-state index contributed by atoms with van der Waals surface area (Å²) < 4.78 is 17.0. The van der Waals surface area contributed by atoms with Crippen LogP contribution in [0.3, 0.4) is 0 Å². The Morgan fingerprint density at radius 1 is 1.38 bits per heavy atom. The summed E-state index contributed by atoms with van der Waals surface area (Å²) in [4.78, 5) is 25.0. The van der Waals surface area contributed by atoms with Crippen molar-refractivity contribution in [1.82, 2.24) is 0 Å². The van der Waals surface area contributed by atoms with Crippen LogP contribution in [0, 0.1) is 18.8 Å². The molecule has 5 heteroatoms. The number of fused-ring (bicyclic) bond motifs is 1. The summed E-state index contributed by atoms with van der Waals surface area (Å²) in [6.45, 7) is 3.97. The smallest absolute Gasteiger partial charge is 0.311 e. The molecule has 0 spiro atoms. The zero-order chi connectivity index (χ0) is 15.2. The topological polar surface area (TPSA) is 60.4 Å². The minimum atomic E-state index is -1.49. The van der Waals surface area contributed by atoms with Crippen molar-refractivity contribution in [2.45, 2.75) is 36.3 Å². The van der Waals surface area contributed by atoms with Crippen LogP contribution < -0.4 is 0 Å². The number of carbonyl (C=O) groups excluding carboxylic acids is 2. The molecule has 1 unspecified atom stereocenters. The second kappa shape index (κ2) is 5.05. The van der Waals surface area contributed by atoms with Crippen molar-refractivity contribution in [3.63, 3.8) is 0 Å². The van der Waals surface area contributed by atoms with Gasteiger partial charge in [-0.05, 0) is 38.3 Å². The van der Waals surface area contributed by atoms with Crippen molar-refractivity contribution in [3.8, 4) is 0 Å². The van der Waals surface area contributed by atoms with E-state index in [0.717, 1.165) is 5.56 Å². The Morgan fingerprint density at radius 2 is 2.05 bits per heavy atom. The van der Waals surface area contributed by atoms with Crippen LogP contribution in [-0.2, 0) is 25.1 Å². The predicted octanol–water partition coefficient (Wildman–Crippen LogP) is 2.01. The number of ether oxygens (including phenoxy) is 1. The van der Waals surface area contributed by atoms with Gasteiger partial charge >= 0.3 is 5.97 Å². The fourth-order valence-corrected chi connectivity index (χ4v) is 5.50. The van der Waals surface area contributed by atoms with Crippen molar-refractivity contribution in [1.29, 1.82) is 0 Å². The average Bonchev–Trinajstić information content (AvgIpc) is 3.04. The van der Waals surface area contributed by atoms with Gasteiger partial charge in [0, 0.05) is 11.3 Å². The highest BCUT2D eigenvalue weighted by Gasteiger charge is 2.79. The lowest BCUT2D eigenvalue weighted by molar-refractivity contribution is -0.146. The van der Waals surface area contributed by atoms with E-state index in [2.05, 4.69) is 0 Å². The minimum Gasteiger partial charge on any atom is -0.466 e. The monoisotopic (exact) mass is 306 g/mol. The normalized spacial score (nSPS) is 31.6. The third-order valence-corrected chi connectivity index (χ3v) is 6.60. The fraction of sp³-hybridized carbons (Fsp3) is 0.500. The summed E-state index contributed by atoms with van der Waals surface area (Å²) in [5.41, 5.74) is 1.07. The standard InChI is InChI=1S/C16H18O4S/c1-3-20-15(18)14-12-8-9-13(17)16(12,14)21(19)11-6-4-10(2)5-7-11/h4-7,12,14H,3,8-9H2,1-2H3/t12-,14-,16-,21?/m1/s1. The van der Waals surface area contributed by atoms with Crippen LogP contribution in [-0.4, -0.2) is 27.3 Å². The zero-order valence-corrected chi connectivity index (χ0v) is 12.9. The first-order valence-electron chi connectivity index (χ1n) is 7.22. The molecule has 0 saturated heterocycles. The lowest BCUT2D eigenvalue weighted by Crippen LogP contribution is -2.32. The molecule has 3 rings (SSSR count). The van der Waals surface area contributed by atoms with Crippen LogP contribution in [0.25, 0.3) is 0 Å². The molecule has 2 aliphatic rings. The minimum absolute atomic E-state index is 0.0514. The Labute approximate surface area is 126 Å². The van der Waals surface area contributed by atoms with E-state index in [4.69, 9.17) is 4.74 Å². The van der Waals surface area contributed by atoms with Crippen molar-refractivity contribution in [3.05, 3.63) is 29.8 Å². The molecule has 4 nitrogen and oxygen atoms in total. The van der Waals surface area contributed by atoms with Gasteiger partial charge in [0.25, 0.3) is 0 Å². The zero-order valence-electron chi connectivity index (χ0n) is 12.1. The fourth-order valence-electron chi connectivity index (χ4n) is 3.46. The highest BCUT2D eigenvalue weighted by atomic mass is 32.2. The first kappa shape index (κ1) is 14.4. The first-order chi connectivity index (χ1) is 10.0. The van der Waals surface area contributed by atoms with E-state index in [0.29, 0.717) is 17.7 Å². The molecule has 0 aliphatic heterocycles. The quantitative estimate of drug-likeness (QED) is 0.798. The molecule has 1 aromatic carbocycles. The summed E-state index contributed by atoms with van der Waals surface area (Å²) >= 11 is 0. The molecule has 0 N–H and O–H groups in total. The number of aryl methyl sites for hydroxylation is 1. The second-order valence-electron chi connectivity index (χ2n) is 5.67. The molecule has 1 aromatic rings. The Balaban J connectivity index is 1.94. The van der Waals surface area contributed by atoms with Crippen molar-refractivity contribution < 1.29 is 18.5 Å². The van der Waals surface area contributed by atoms with E-state index >= 15 is 0 Å². The molecule has 0 bridgehead atoms. The number of Topliss-reactive ketones (excluding diaryl/α,β-unsaturated/α-hetero) is 1. The van der Waals surface area contributed by atoms with Gasteiger partial charge in [-0.1, -0.05) is 17.7 Å². The molecule has 2 fully saturated rings. The first-order valence-corrected chi connectivity index (χ1v) is 8.37. The number of rotatable bonds is 4. The Bertz CT molecular complexity index is 622. The lowest BCUT2D eigenvalue weighted by Gasteiger charge is -2.13. The number of benzene rings is 1. The molecular weight excluding hydrogens is 288 g/mol. The molecule has 4 atom stereocenters. The number of esters is 1. The Hall–Kier alpha value is -1.49. The Kier molecular flexibility index (Phi) is 3.48. The van der Waals surface area contributed by atoms with Gasteiger partial charge in [-0.25, -0.2) is 0 Å². The van der Waals surface area contributed by atoms with Gasteiger partial charge < -0.3 is 4.74 Å². The highest BCUT2D eigenvalue weighted by molar-refractivity contribution is 7.87. The molecule has 0 aromatic heterocycles. The predicted molar refractivity (Wildman–Crippen MR) is 78.2 cm³/mol. The SMILES string of the molecule is CCOC(=O)[C@H]1[C@H]2CCC(=O)[C@]21S(=O)c1ccc(C)cc1. The van der Waals surface area contributed by atoms with E-state index in [1.807, 2.05) is 19.1 Å². The van der Waals surface area contributed by atoms with Gasteiger partial charge in [-0.2, -0.15) is 0 Å². The maximum Gasteiger partial charge on any atom is 0.311 e. The van der Waals surface area contributed by atoms with Gasteiger partial charge in [0.1, 0.15) is 4.75 Å². The third kappa shape index (κ3) is 1.98. The summed E-state index contributed by atoms with van der Waals surface area (Å²) in [5, 5.41) is 0. The van der Waals surface area contributed by atoms with Crippen molar-refractivity contribution in [2.24, 2.45) is 11.8 Å². The molecule has 0 amide bonds. The van der Waals surface area contributed by atoms with Crippen LogP contribution in [0.5, 0.6) is 0 Å². The second-order valence-corrected chi connectivity index (χ2v) is 7.36. The average molecular weight is 306 g/mol. The summed E-state index contributed by atoms with van der Waals surface area (Å²) in [5.74, 6) is -1.08. The largest absolute Gasteiger partial charge is 0.466 e. The van der Waals surface area contributed by atoms with E-state index in [9.17, 15) is 13.8 Å². The van der Waals surface area contributed by atoms with E-state index < -0.39 is 21.5 Å². The highest BCUT2D eigenvalue weighted by Crippen LogP contribution is 2.64. The van der Waals surface area contributed by atoms with Crippen LogP contribution in [0.4, 0.5) is 0 Å². The molecule has 0 heterocycles. The van der Waals surface area contributed by atoms with Gasteiger partial charge in [0.15, 0.2) is 5.78 Å². The number of ketones is 1. The molecule has 112 valence electrons. The van der Waals surface area contributed by atoms with Gasteiger partial charge in [0.05, 0.1) is 23.3 Å². The maximum absolute atomic E-state index is 12.9. The lowest BCUT2D eigenvalue weighted by atomic mass is 10.1. The van der Waals surface area contributed by atoms with Crippen LogP contribution in [0.15, 0.2) is 29.2 Å². The van der Waals surface area contributed by atoms with Crippen LogP contribution >= 0.6 is 0 Å². The van der Waals surface area contributed by atoms with E-state index in [-0.39, 0.29) is 24.3 Å². The molecule has 0 radical (unpaired) electrons. The van der Waals surface area contributed by atoms with Gasteiger partial charge in [0.2, 0.25) is 0 Å². The maximum atomic E-state index is 12.9. The molecular formula is C16H18O4S. The Morgan fingerprint density at radius 3 is 2.67 bits per heavy atom. The van der Waals surface area contributed by atoms with Crippen molar-refractivity contribution >= 4 is 22.6 Å². The van der Waals surface area contributed by atoms with Gasteiger partial charge in [-0.3, -0.25) is 13.8 Å². The number of carbonyl (C=O) groups is 2. The summed E-state index contributed by atoms with van der Waals surface area (Å²) in [7, 11) is -1.49. The third-order valence-electron chi connectivity index (χ3n) is 4.51.